The van der Waals surface area contributed by atoms with Gasteiger partial charge in [-0.05, 0) is 45.2 Å². The van der Waals surface area contributed by atoms with Crippen LogP contribution in [0.2, 0.25) is 0 Å². The molecule has 0 radical (unpaired) electrons. The molecule has 0 aliphatic heterocycles. The van der Waals surface area contributed by atoms with Gasteiger partial charge in [0.2, 0.25) is 0 Å². The molecule has 0 aromatic carbocycles. The van der Waals surface area contributed by atoms with Crippen molar-refractivity contribution in [3.63, 3.8) is 0 Å². The van der Waals surface area contributed by atoms with E-state index in [2.05, 4.69) is 19.2 Å². The van der Waals surface area contributed by atoms with Gasteiger partial charge in [-0.1, -0.05) is 13.8 Å². The Morgan fingerprint density at radius 1 is 1.35 bits per heavy atom. The maximum Gasteiger partial charge on any atom is 0.120 e. The van der Waals surface area contributed by atoms with E-state index >= 15 is 0 Å². The van der Waals surface area contributed by atoms with Gasteiger partial charge in [0.25, 0.3) is 0 Å². The van der Waals surface area contributed by atoms with Crippen molar-refractivity contribution in [1.29, 1.82) is 0 Å². The zero-order valence-corrected chi connectivity index (χ0v) is 11.6. The molecule has 3 heteroatoms. The van der Waals surface area contributed by atoms with Crippen LogP contribution in [0.3, 0.4) is 0 Å². The maximum atomic E-state index is 10.2. The molecular formula is C14H25NO2. The minimum absolute atomic E-state index is 0.127. The van der Waals surface area contributed by atoms with E-state index < -0.39 is 5.60 Å². The molecule has 0 spiro atoms. The van der Waals surface area contributed by atoms with Gasteiger partial charge < -0.3 is 14.8 Å². The van der Waals surface area contributed by atoms with Gasteiger partial charge in [0.05, 0.1) is 11.6 Å². The maximum absolute atomic E-state index is 10.2. The van der Waals surface area contributed by atoms with Gasteiger partial charge in [-0.2, -0.15) is 0 Å². The fourth-order valence-corrected chi connectivity index (χ4v) is 2.11. The van der Waals surface area contributed by atoms with Crippen LogP contribution in [-0.2, 0) is 0 Å². The molecule has 1 aromatic heterocycles. The Morgan fingerprint density at radius 2 is 2.00 bits per heavy atom. The van der Waals surface area contributed by atoms with Crippen LogP contribution in [-0.4, -0.2) is 17.3 Å². The Labute approximate surface area is 104 Å². The molecule has 1 rings (SSSR count). The molecular weight excluding hydrogens is 214 g/mol. The summed E-state index contributed by atoms with van der Waals surface area (Å²) in [7, 11) is 0. The summed E-state index contributed by atoms with van der Waals surface area (Å²) < 4.78 is 5.55. The topological polar surface area (TPSA) is 45.4 Å². The largest absolute Gasteiger partial charge is 0.465 e. The van der Waals surface area contributed by atoms with Crippen molar-refractivity contribution in [3.05, 3.63) is 23.7 Å². The highest BCUT2D eigenvalue weighted by atomic mass is 16.3. The summed E-state index contributed by atoms with van der Waals surface area (Å²) in [6.45, 7) is 10.7. The lowest BCUT2D eigenvalue weighted by Crippen LogP contribution is -2.39. The Hall–Kier alpha value is -0.800. The van der Waals surface area contributed by atoms with Crippen molar-refractivity contribution >= 4 is 0 Å². The van der Waals surface area contributed by atoms with Crippen LogP contribution in [0.4, 0.5) is 0 Å². The predicted octanol–water partition coefficient (Wildman–Crippen LogP) is 3.04. The minimum atomic E-state index is -0.663. The SMILES string of the molecule is Cc1ccc(C(C)NCC(C)(O)CC(C)C)o1. The summed E-state index contributed by atoms with van der Waals surface area (Å²) in [6, 6.07) is 4.06. The van der Waals surface area contributed by atoms with Crippen LogP contribution < -0.4 is 5.32 Å². The van der Waals surface area contributed by atoms with E-state index in [4.69, 9.17) is 4.42 Å². The van der Waals surface area contributed by atoms with E-state index in [0.29, 0.717) is 12.5 Å². The highest BCUT2D eigenvalue weighted by Gasteiger charge is 2.23. The molecule has 98 valence electrons. The molecule has 3 nitrogen and oxygen atoms in total. The Morgan fingerprint density at radius 3 is 2.47 bits per heavy atom. The quantitative estimate of drug-likeness (QED) is 0.802. The summed E-state index contributed by atoms with van der Waals surface area (Å²) in [5.74, 6) is 2.33. The number of nitrogens with one attached hydrogen (secondary N) is 1. The fourth-order valence-electron chi connectivity index (χ4n) is 2.11. The summed E-state index contributed by atoms with van der Waals surface area (Å²) in [5.41, 5.74) is -0.663. The van der Waals surface area contributed by atoms with Gasteiger partial charge in [-0.25, -0.2) is 0 Å². The second-order valence-corrected chi connectivity index (χ2v) is 5.65. The molecule has 2 atom stereocenters. The lowest BCUT2D eigenvalue weighted by molar-refractivity contribution is 0.0357. The molecule has 0 saturated carbocycles. The first-order chi connectivity index (χ1) is 7.80. The summed E-state index contributed by atoms with van der Waals surface area (Å²) in [4.78, 5) is 0. The van der Waals surface area contributed by atoms with Gasteiger partial charge in [-0.3, -0.25) is 0 Å². The summed E-state index contributed by atoms with van der Waals surface area (Å²) in [6.07, 6.45) is 0.796. The average molecular weight is 239 g/mol. The predicted molar refractivity (Wildman–Crippen MR) is 69.9 cm³/mol. The van der Waals surface area contributed by atoms with Gasteiger partial charge in [0.15, 0.2) is 0 Å². The molecule has 2 N–H and O–H groups in total. The van der Waals surface area contributed by atoms with Gasteiger partial charge >= 0.3 is 0 Å². The van der Waals surface area contributed by atoms with E-state index in [-0.39, 0.29) is 6.04 Å². The molecule has 0 aliphatic carbocycles. The second kappa shape index (κ2) is 5.69. The van der Waals surface area contributed by atoms with Crippen LogP contribution >= 0.6 is 0 Å². The highest BCUT2D eigenvalue weighted by Crippen LogP contribution is 2.19. The molecule has 0 saturated heterocycles. The summed E-state index contributed by atoms with van der Waals surface area (Å²) >= 11 is 0. The highest BCUT2D eigenvalue weighted by molar-refractivity contribution is 5.09. The van der Waals surface area contributed by atoms with E-state index in [0.717, 1.165) is 17.9 Å². The van der Waals surface area contributed by atoms with Gasteiger partial charge in [-0.15, -0.1) is 0 Å². The first-order valence-electron chi connectivity index (χ1n) is 6.32. The van der Waals surface area contributed by atoms with Crippen molar-refractivity contribution in [2.75, 3.05) is 6.54 Å². The van der Waals surface area contributed by atoms with Crippen molar-refractivity contribution in [2.24, 2.45) is 5.92 Å². The van der Waals surface area contributed by atoms with Gasteiger partial charge in [0.1, 0.15) is 11.5 Å². The monoisotopic (exact) mass is 239 g/mol. The minimum Gasteiger partial charge on any atom is -0.465 e. The van der Waals surface area contributed by atoms with E-state index in [1.807, 2.05) is 32.9 Å². The fraction of sp³-hybridized carbons (Fsp3) is 0.714. The first-order valence-corrected chi connectivity index (χ1v) is 6.32. The normalized spacial score (nSPS) is 17.1. The van der Waals surface area contributed by atoms with E-state index in [9.17, 15) is 5.11 Å². The van der Waals surface area contributed by atoms with Crippen LogP contribution in [0.1, 0.15) is 51.7 Å². The molecule has 0 aliphatic rings. The van der Waals surface area contributed by atoms with Crippen molar-refractivity contribution in [2.45, 2.75) is 52.7 Å². The third-order valence-corrected chi connectivity index (χ3v) is 2.83. The summed E-state index contributed by atoms with van der Waals surface area (Å²) in [5, 5.41) is 13.5. The Bertz CT molecular complexity index is 342. The molecule has 1 heterocycles. The molecule has 1 aromatic rings. The van der Waals surface area contributed by atoms with Crippen molar-refractivity contribution < 1.29 is 9.52 Å². The van der Waals surface area contributed by atoms with E-state index in [1.54, 1.807) is 0 Å². The van der Waals surface area contributed by atoms with Crippen LogP contribution in [0.15, 0.2) is 16.5 Å². The molecule has 0 amide bonds. The third-order valence-electron chi connectivity index (χ3n) is 2.83. The number of rotatable bonds is 6. The second-order valence-electron chi connectivity index (χ2n) is 5.65. The lowest BCUT2D eigenvalue weighted by Gasteiger charge is -2.27. The third kappa shape index (κ3) is 4.92. The van der Waals surface area contributed by atoms with Crippen molar-refractivity contribution in [1.82, 2.24) is 5.32 Å². The number of hydrogen-bond acceptors (Lipinski definition) is 3. The number of furan rings is 1. The molecule has 0 bridgehead atoms. The van der Waals surface area contributed by atoms with Crippen LogP contribution in [0, 0.1) is 12.8 Å². The van der Waals surface area contributed by atoms with Crippen molar-refractivity contribution in [3.8, 4) is 0 Å². The van der Waals surface area contributed by atoms with E-state index in [1.165, 1.54) is 0 Å². The zero-order valence-electron chi connectivity index (χ0n) is 11.6. The number of hydrogen-bond donors (Lipinski definition) is 2. The lowest BCUT2D eigenvalue weighted by atomic mass is 9.94. The van der Waals surface area contributed by atoms with Crippen LogP contribution in [0.25, 0.3) is 0 Å². The Balaban J connectivity index is 2.45. The molecule has 2 unspecified atom stereocenters. The number of aryl methyl sites for hydroxylation is 1. The Kier molecular flexibility index (Phi) is 4.78. The van der Waals surface area contributed by atoms with Crippen LogP contribution in [0.5, 0.6) is 0 Å². The van der Waals surface area contributed by atoms with Gasteiger partial charge in [0, 0.05) is 6.54 Å². The molecule has 17 heavy (non-hydrogen) atoms. The number of aliphatic hydroxyl groups is 1. The standard InChI is InChI=1S/C14H25NO2/c1-10(2)8-14(5,16)9-15-12(4)13-7-6-11(3)17-13/h6-7,10,12,15-16H,8-9H2,1-5H3. The smallest absolute Gasteiger partial charge is 0.120 e. The average Bonchev–Trinajstić information content (AvgIpc) is 2.59. The molecule has 0 fully saturated rings. The first kappa shape index (κ1) is 14.3. The zero-order chi connectivity index (χ0) is 13.1.